The van der Waals surface area contributed by atoms with Crippen molar-refractivity contribution in [2.75, 3.05) is 18.6 Å². The molecule has 1 aliphatic heterocycles. The quantitative estimate of drug-likeness (QED) is 0.665. The molecule has 26 heavy (non-hydrogen) atoms. The van der Waals surface area contributed by atoms with Gasteiger partial charge >= 0.3 is 0 Å². The minimum Gasteiger partial charge on any atom is -0.497 e. The van der Waals surface area contributed by atoms with Crippen molar-refractivity contribution in [2.24, 2.45) is 11.0 Å². The van der Waals surface area contributed by atoms with Gasteiger partial charge in [-0.25, -0.2) is 5.43 Å². The molecule has 1 atom stereocenters. The highest BCUT2D eigenvalue weighted by Crippen LogP contribution is 2.26. The topological polar surface area (TPSA) is 71.0 Å². The van der Waals surface area contributed by atoms with Crippen molar-refractivity contribution in [3.8, 4) is 5.75 Å². The molecule has 1 heterocycles. The molecule has 134 valence electrons. The Balaban J connectivity index is 1.58. The maximum Gasteiger partial charge on any atom is 0.245 e. The average molecular weight is 351 g/mol. The van der Waals surface area contributed by atoms with Gasteiger partial charge < -0.3 is 9.64 Å². The fourth-order valence-corrected chi connectivity index (χ4v) is 2.81. The second-order valence-electron chi connectivity index (χ2n) is 6.25. The SMILES string of the molecule is COc1ccc(N2C[C@@H](C(=O)N/N=C/c3ccc(C)cc3)CC2=O)cc1. The number of ether oxygens (including phenoxy) is 1. The second kappa shape index (κ2) is 7.82. The van der Waals surface area contributed by atoms with E-state index in [1.165, 1.54) is 0 Å². The largest absolute Gasteiger partial charge is 0.497 e. The summed E-state index contributed by atoms with van der Waals surface area (Å²) in [5.41, 5.74) is 5.35. The summed E-state index contributed by atoms with van der Waals surface area (Å²) in [6.07, 6.45) is 1.77. The summed E-state index contributed by atoms with van der Waals surface area (Å²) in [4.78, 5) is 26.2. The van der Waals surface area contributed by atoms with Gasteiger partial charge in [0.15, 0.2) is 0 Å². The van der Waals surface area contributed by atoms with Crippen LogP contribution in [0.15, 0.2) is 53.6 Å². The summed E-state index contributed by atoms with van der Waals surface area (Å²) in [6.45, 7) is 2.35. The van der Waals surface area contributed by atoms with Gasteiger partial charge in [0.2, 0.25) is 11.8 Å². The lowest BCUT2D eigenvalue weighted by molar-refractivity contribution is -0.126. The standard InChI is InChI=1S/C20H21N3O3/c1-14-3-5-15(6-4-14)12-21-22-20(25)16-11-19(24)23(13-16)17-7-9-18(26-2)10-8-17/h3-10,12,16H,11,13H2,1-2H3,(H,22,25)/b21-12+/t16-/m0/s1. The lowest BCUT2D eigenvalue weighted by atomic mass is 10.1. The fourth-order valence-electron chi connectivity index (χ4n) is 2.81. The van der Waals surface area contributed by atoms with E-state index in [9.17, 15) is 9.59 Å². The van der Waals surface area contributed by atoms with Crippen LogP contribution in [0.2, 0.25) is 0 Å². The number of benzene rings is 2. The van der Waals surface area contributed by atoms with Crippen LogP contribution < -0.4 is 15.1 Å². The van der Waals surface area contributed by atoms with E-state index in [0.29, 0.717) is 6.54 Å². The Morgan fingerprint density at radius 2 is 1.88 bits per heavy atom. The molecule has 1 aliphatic rings. The summed E-state index contributed by atoms with van der Waals surface area (Å²) in [5.74, 6) is -0.0181. The molecular weight excluding hydrogens is 330 g/mol. The summed E-state index contributed by atoms with van der Waals surface area (Å²) >= 11 is 0. The first-order valence-electron chi connectivity index (χ1n) is 8.41. The van der Waals surface area contributed by atoms with Gasteiger partial charge in [-0.1, -0.05) is 29.8 Å². The van der Waals surface area contributed by atoms with E-state index in [0.717, 1.165) is 22.6 Å². The molecule has 6 nitrogen and oxygen atoms in total. The predicted molar refractivity (Wildman–Crippen MR) is 100 cm³/mol. The van der Waals surface area contributed by atoms with E-state index in [2.05, 4.69) is 10.5 Å². The summed E-state index contributed by atoms with van der Waals surface area (Å²) in [7, 11) is 1.59. The number of methoxy groups -OCH3 is 1. The van der Waals surface area contributed by atoms with Gasteiger partial charge in [0, 0.05) is 18.7 Å². The maximum absolute atomic E-state index is 12.3. The molecule has 3 rings (SSSR count). The third kappa shape index (κ3) is 4.08. The van der Waals surface area contributed by atoms with Gasteiger partial charge in [-0.05, 0) is 36.8 Å². The van der Waals surface area contributed by atoms with Crippen molar-refractivity contribution in [3.05, 3.63) is 59.7 Å². The number of hydrazone groups is 1. The molecule has 0 unspecified atom stereocenters. The fraction of sp³-hybridized carbons (Fsp3) is 0.250. The van der Waals surface area contributed by atoms with Gasteiger partial charge in [-0.3, -0.25) is 9.59 Å². The van der Waals surface area contributed by atoms with Crippen molar-refractivity contribution in [3.63, 3.8) is 0 Å². The molecule has 1 saturated heterocycles. The van der Waals surface area contributed by atoms with Gasteiger partial charge in [-0.15, -0.1) is 0 Å². The molecule has 0 aliphatic carbocycles. The lowest BCUT2D eigenvalue weighted by Gasteiger charge is -2.16. The van der Waals surface area contributed by atoms with Crippen LogP contribution in [-0.2, 0) is 9.59 Å². The van der Waals surface area contributed by atoms with E-state index in [1.807, 2.05) is 43.3 Å². The molecule has 2 amide bonds. The number of aryl methyl sites for hydroxylation is 1. The molecule has 0 spiro atoms. The highest BCUT2D eigenvalue weighted by atomic mass is 16.5. The second-order valence-corrected chi connectivity index (χ2v) is 6.25. The summed E-state index contributed by atoms with van der Waals surface area (Å²) < 4.78 is 5.12. The molecular formula is C20H21N3O3. The van der Waals surface area contributed by atoms with Gasteiger partial charge in [0.1, 0.15) is 5.75 Å². The molecule has 2 aromatic carbocycles. The van der Waals surface area contributed by atoms with Crippen LogP contribution >= 0.6 is 0 Å². The van der Waals surface area contributed by atoms with Crippen LogP contribution in [-0.4, -0.2) is 31.7 Å². The number of nitrogens with one attached hydrogen (secondary N) is 1. The smallest absolute Gasteiger partial charge is 0.245 e. The normalized spacial score (nSPS) is 16.9. The zero-order chi connectivity index (χ0) is 18.5. The zero-order valence-electron chi connectivity index (χ0n) is 14.8. The molecule has 0 saturated carbocycles. The molecule has 0 bridgehead atoms. The highest BCUT2D eigenvalue weighted by molar-refractivity contribution is 6.00. The average Bonchev–Trinajstić information content (AvgIpc) is 3.05. The number of hydrogen-bond acceptors (Lipinski definition) is 4. The minimum atomic E-state index is -0.417. The molecule has 6 heteroatoms. The van der Waals surface area contributed by atoms with Crippen LogP contribution in [0.5, 0.6) is 5.75 Å². The Bertz CT molecular complexity index is 813. The zero-order valence-corrected chi connectivity index (χ0v) is 14.8. The van der Waals surface area contributed by atoms with E-state index in [1.54, 1.807) is 30.4 Å². The van der Waals surface area contributed by atoms with Gasteiger partial charge in [0.05, 0.1) is 19.2 Å². The van der Waals surface area contributed by atoms with Crippen LogP contribution in [0, 0.1) is 12.8 Å². The van der Waals surface area contributed by atoms with Crippen LogP contribution in [0.4, 0.5) is 5.69 Å². The van der Waals surface area contributed by atoms with E-state index >= 15 is 0 Å². The van der Waals surface area contributed by atoms with Gasteiger partial charge in [0.25, 0.3) is 0 Å². The Morgan fingerprint density at radius 3 is 2.54 bits per heavy atom. The number of anilines is 1. The molecule has 1 N–H and O–H groups in total. The summed E-state index contributed by atoms with van der Waals surface area (Å²) in [5, 5.41) is 3.99. The molecule has 1 fully saturated rings. The first-order chi connectivity index (χ1) is 12.6. The van der Waals surface area contributed by atoms with Crippen molar-refractivity contribution >= 4 is 23.7 Å². The number of carbonyl (C=O) groups excluding carboxylic acids is 2. The van der Waals surface area contributed by atoms with Crippen LogP contribution in [0.1, 0.15) is 17.5 Å². The highest BCUT2D eigenvalue weighted by Gasteiger charge is 2.35. The number of nitrogens with zero attached hydrogens (tertiary/aromatic N) is 2. The first-order valence-corrected chi connectivity index (χ1v) is 8.41. The molecule has 0 aromatic heterocycles. The Morgan fingerprint density at radius 1 is 1.19 bits per heavy atom. The van der Waals surface area contributed by atoms with E-state index in [4.69, 9.17) is 4.74 Å². The Hall–Kier alpha value is -3.15. The minimum absolute atomic E-state index is 0.0715. The lowest BCUT2D eigenvalue weighted by Crippen LogP contribution is -2.30. The van der Waals surface area contributed by atoms with E-state index < -0.39 is 5.92 Å². The van der Waals surface area contributed by atoms with Crippen molar-refractivity contribution in [2.45, 2.75) is 13.3 Å². The van der Waals surface area contributed by atoms with Crippen molar-refractivity contribution in [1.82, 2.24) is 5.43 Å². The summed E-state index contributed by atoms with van der Waals surface area (Å²) in [6, 6.07) is 15.0. The van der Waals surface area contributed by atoms with Gasteiger partial charge in [-0.2, -0.15) is 5.10 Å². The predicted octanol–water partition coefficient (Wildman–Crippen LogP) is 2.51. The van der Waals surface area contributed by atoms with Crippen molar-refractivity contribution in [1.29, 1.82) is 0 Å². The van der Waals surface area contributed by atoms with Crippen LogP contribution in [0.25, 0.3) is 0 Å². The number of carbonyl (C=O) groups is 2. The molecule has 2 aromatic rings. The number of hydrogen-bond donors (Lipinski definition) is 1. The first kappa shape index (κ1) is 17.7. The van der Waals surface area contributed by atoms with E-state index in [-0.39, 0.29) is 18.2 Å². The maximum atomic E-state index is 12.3. The Kier molecular flexibility index (Phi) is 5.31. The number of amides is 2. The monoisotopic (exact) mass is 351 g/mol. The third-order valence-corrected chi connectivity index (χ3v) is 4.35. The van der Waals surface area contributed by atoms with Crippen LogP contribution in [0.3, 0.4) is 0 Å². The third-order valence-electron chi connectivity index (χ3n) is 4.35. The Labute approximate surface area is 152 Å². The number of rotatable bonds is 5. The van der Waals surface area contributed by atoms with Crippen molar-refractivity contribution < 1.29 is 14.3 Å². The molecule has 0 radical (unpaired) electrons.